The molecule has 0 spiro atoms. The van der Waals surface area contributed by atoms with E-state index >= 15 is 0 Å². The molecule has 1 aromatic heterocycles. The van der Waals surface area contributed by atoms with Gasteiger partial charge in [-0.1, -0.05) is 6.92 Å². The van der Waals surface area contributed by atoms with E-state index in [0.29, 0.717) is 5.69 Å². The summed E-state index contributed by atoms with van der Waals surface area (Å²) in [5, 5.41) is 17.7. The summed E-state index contributed by atoms with van der Waals surface area (Å²) < 4.78 is 1.79. The Hall–Kier alpha value is -1.34. The lowest BCUT2D eigenvalue weighted by atomic mass is 10.3. The molecule has 1 aromatic rings. The molecule has 0 aliphatic rings. The van der Waals surface area contributed by atoms with Crippen molar-refractivity contribution in [2.45, 2.75) is 26.0 Å². The van der Waals surface area contributed by atoms with Gasteiger partial charge in [0.25, 0.3) is 0 Å². The molecule has 64 valence electrons. The molecule has 0 fully saturated rings. The molecule has 0 aliphatic carbocycles. The number of hydrogen-bond acceptors (Lipinski definition) is 3. The first kappa shape index (κ1) is 8.75. The quantitative estimate of drug-likeness (QED) is 0.675. The monoisotopic (exact) mass is 165 g/mol. The molecule has 0 saturated carbocycles. The molecule has 1 rings (SSSR count). The number of nitrogens with zero attached hydrogens (tertiary/aromatic N) is 3. The molecule has 1 atom stereocenters. The Kier molecular flexibility index (Phi) is 2.83. The highest BCUT2D eigenvalue weighted by Crippen LogP contribution is 2.10. The summed E-state index contributed by atoms with van der Waals surface area (Å²) in [6.07, 6.45) is 3.05. The molecule has 0 saturated heterocycles. The fourth-order valence-electron chi connectivity index (χ4n) is 1.05. The fourth-order valence-corrected chi connectivity index (χ4v) is 1.05. The summed E-state index contributed by atoms with van der Waals surface area (Å²) in [6.45, 7) is 2.82. The summed E-state index contributed by atoms with van der Waals surface area (Å²) in [6, 6.07) is 1.76. The minimum Gasteiger partial charge on any atom is -0.373 e. The van der Waals surface area contributed by atoms with Crippen LogP contribution in [0.15, 0.2) is 12.5 Å². The van der Waals surface area contributed by atoms with Gasteiger partial charge < -0.3 is 9.67 Å². The predicted molar refractivity (Wildman–Crippen MR) is 43.1 cm³/mol. The second-order valence-corrected chi connectivity index (χ2v) is 2.54. The van der Waals surface area contributed by atoms with Crippen LogP contribution in [0, 0.1) is 11.3 Å². The highest BCUT2D eigenvalue weighted by molar-refractivity contribution is 5.10. The second kappa shape index (κ2) is 3.88. The molecule has 0 aliphatic heterocycles. The van der Waals surface area contributed by atoms with Crippen molar-refractivity contribution in [2.24, 2.45) is 0 Å². The maximum absolute atomic E-state index is 9.20. The zero-order valence-corrected chi connectivity index (χ0v) is 6.94. The van der Waals surface area contributed by atoms with E-state index < -0.39 is 6.10 Å². The van der Waals surface area contributed by atoms with Gasteiger partial charge in [0, 0.05) is 6.54 Å². The summed E-state index contributed by atoms with van der Waals surface area (Å²) in [5.74, 6) is 0. The SMILES string of the molecule is CCCn1cncc1C(O)C#N. The van der Waals surface area contributed by atoms with Gasteiger partial charge in [0.15, 0.2) is 6.10 Å². The summed E-state index contributed by atoms with van der Waals surface area (Å²) in [7, 11) is 0. The lowest BCUT2D eigenvalue weighted by Crippen LogP contribution is -2.04. The second-order valence-electron chi connectivity index (χ2n) is 2.54. The van der Waals surface area contributed by atoms with Crippen molar-refractivity contribution < 1.29 is 5.11 Å². The van der Waals surface area contributed by atoms with Crippen LogP contribution in [-0.2, 0) is 6.54 Å². The van der Waals surface area contributed by atoms with Crippen molar-refractivity contribution in [3.8, 4) is 6.07 Å². The molecular weight excluding hydrogens is 154 g/mol. The number of hydrogen-bond donors (Lipinski definition) is 1. The zero-order chi connectivity index (χ0) is 8.97. The van der Waals surface area contributed by atoms with Gasteiger partial charge in [-0.2, -0.15) is 5.26 Å². The molecule has 4 nitrogen and oxygen atoms in total. The maximum Gasteiger partial charge on any atom is 0.182 e. The van der Waals surface area contributed by atoms with Gasteiger partial charge in [0.1, 0.15) is 6.07 Å². The van der Waals surface area contributed by atoms with Crippen LogP contribution in [0.1, 0.15) is 25.1 Å². The smallest absolute Gasteiger partial charge is 0.182 e. The van der Waals surface area contributed by atoms with Crippen LogP contribution in [0.3, 0.4) is 0 Å². The van der Waals surface area contributed by atoms with Gasteiger partial charge in [-0.25, -0.2) is 4.98 Å². The van der Waals surface area contributed by atoms with Gasteiger partial charge in [0.2, 0.25) is 0 Å². The fraction of sp³-hybridized carbons (Fsp3) is 0.500. The molecule has 12 heavy (non-hydrogen) atoms. The van der Waals surface area contributed by atoms with E-state index in [1.807, 2.05) is 6.92 Å². The highest BCUT2D eigenvalue weighted by Gasteiger charge is 2.10. The van der Waals surface area contributed by atoms with Crippen LogP contribution >= 0.6 is 0 Å². The number of nitriles is 1. The van der Waals surface area contributed by atoms with Crippen molar-refractivity contribution in [2.75, 3.05) is 0 Å². The lowest BCUT2D eigenvalue weighted by molar-refractivity contribution is 0.225. The Bertz CT molecular complexity index is 287. The van der Waals surface area contributed by atoms with E-state index in [-0.39, 0.29) is 0 Å². The molecule has 0 amide bonds. The predicted octanol–water partition coefficient (Wildman–Crippen LogP) is 0.850. The topological polar surface area (TPSA) is 61.8 Å². The zero-order valence-electron chi connectivity index (χ0n) is 6.94. The van der Waals surface area contributed by atoms with Crippen LogP contribution in [-0.4, -0.2) is 14.7 Å². The normalized spacial score (nSPS) is 12.4. The van der Waals surface area contributed by atoms with Crippen LogP contribution < -0.4 is 0 Å². The molecule has 0 aromatic carbocycles. The Morgan fingerprint density at radius 3 is 3.17 bits per heavy atom. The first-order chi connectivity index (χ1) is 5.79. The van der Waals surface area contributed by atoms with Crippen molar-refractivity contribution in [3.63, 3.8) is 0 Å². The molecule has 0 radical (unpaired) electrons. The molecular formula is C8H11N3O. The van der Waals surface area contributed by atoms with Crippen LogP contribution in [0.5, 0.6) is 0 Å². The van der Waals surface area contributed by atoms with Gasteiger partial charge in [0.05, 0.1) is 18.2 Å². The Balaban J connectivity index is 2.85. The third kappa shape index (κ3) is 1.63. The molecule has 1 heterocycles. The van der Waals surface area contributed by atoms with E-state index in [2.05, 4.69) is 4.98 Å². The summed E-state index contributed by atoms with van der Waals surface area (Å²) in [5.41, 5.74) is 0.569. The molecule has 0 bridgehead atoms. The van der Waals surface area contributed by atoms with E-state index in [0.717, 1.165) is 13.0 Å². The first-order valence-electron chi connectivity index (χ1n) is 3.87. The Morgan fingerprint density at radius 1 is 1.83 bits per heavy atom. The van der Waals surface area contributed by atoms with Crippen molar-refractivity contribution >= 4 is 0 Å². The average Bonchev–Trinajstić information content (AvgIpc) is 2.52. The van der Waals surface area contributed by atoms with E-state index in [4.69, 9.17) is 5.26 Å². The summed E-state index contributed by atoms with van der Waals surface area (Å²) >= 11 is 0. The molecule has 4 heteroatoms. The number of aliphatic hydroxyl groups excluding tert-OH is 1. The van der Waals surface area contributed by atoms with E-state index in [1.165, 1.54) is 6.20 Å². The van der Waals surface area contributed by atoms with Crippen molar-refractivity contribution in [1.82, 2.24) is 9.55 Å². The minimum absolute atomic E-state index is 0.569. The van der Waals surface area contributed by atoms with Crippen LogP contribution in [0.4, 0.5) is 0 Å². The van der Waals surface area contributed by atoms with Crippen molar-refractivity contribution in [1.29, 1.82) is 5.26 Å². The van der Waals surface area contributed by atoms with Gasteiger partial charge in [-0.05, 0) is 6.42 Å². The minimum atomic E-state index is -1.06. The third-order valence-corrected chi connectivity index (χ3v) is 1.61. The highest BCUT2D eigenvalue weighted by atomic mass is 16.3. The summed E-state index contributed by atoms with van der Waals surface area (Å²) in [4.78, 5) is 3.86. The van der Waals surface area contributed by atoms with Gasteiger partial charge in [-0.3, -0.25) is 0 Å². The first-order valence-corrected chi connectivity index (χ1v) is 3.87. The van der Waals surface area contributed by atoms with Gasteiger partial charge >= 0.3 is 0 Å². The standard InChI is InChI=1S/C8H11N3O/c1-2-3-11-6-10-5-7(11)8(12)4-9/h5-6,8,12H,2-3H2,1H3. The third-order valence-electron chi connectivity index (χ3n) is 1.61. The number of imidazole rings is 1. The van der Waals surface area contributed by atoms with Crippen molar-refractivity contribution in [3.05, 3.63) is 18.2 Å². The average molecular weight is 165 g/mol. The maximum atomic E-state index is 9.20. The number of aryl methyl sites for hydroxylation is 1. The number of aromatic nitrogens is 2. The number of rotatable bonds is 3. The lowest BCUT2D eigenvalue weighted by Gasteiger charge is -2.05. The van der Waals surface area contributed by atoms with E-state index in [9.17, 15) is 5.11 Å². The van der Waals surface area contributed by atoms with E-state index in [1.54, 1.807) is 17.0 Å². The largest absolute Gasteiger partial charge is 0.373 e. The van der Waals surface area contributed by atoms with Crippen LogP contribution in [0.2, 0.25) is 0 Å². The number of aliphatic hydroxyl groups is 1. The van der Waals surface area contributed by atoms with Crippen LogP contribution in [0.25, 0.3) is 0 Å². The van der Waals surface area contributed by atoms with Gasteiger partial charge in [-0.15, -0.1) is 0 Å². The molecule has 1 unspecified atom stereocenters. The Morgan fingerprint density at radius 2 is 2.58 bits per heavy atom. The molecule has 1 N–H and O–H groups in total. The Labute approximate surface area is 71.1 Å².